The average molecular weight is 248 g/mol. The summed E-state index contributed by atoms with van der Waals surface area (Å²) in [7, 11) is 0. The first kappa shape index (κ1) is 12.9. The number of aliphatic hydroxyl groups excluding tert-OH is 1. The Balaban J connectivity index is 2.03. The molecule has 0 spiro atoms. The second kappa shape index (κ2) is 5.87. The zero-order valence-electron chi connectivity index (χ0n) is 10.7. The second-order valence-electron chi connectivity index (χ2n) is 4.65. The van der Waals surface area contributed by atoms with Gasteiger partial charge in [0.2, 0.25) is 0 Å². The predicted octanol–water partition coefficient (Wildman–Crippen LogP) is 1.72. The van der Waals surface area contributed by atoms with Gasteiger partial charge < -0.3 is 15.3 Å². The van der Waals surface area contributed by atoms with E-state index in [9.17, 15) is 9.90 Å². The van der Waals surface area contributed by atoms with Crippen molar-refractivity contribution < 1.29 is 9.90 Å². The molecule has 1 aliphatic rings. The first-order valence-electron chi connectivity index (χ1n) is 6.52. The molecule has 2 N–H and O–H groups in total. The highest BCUT2D eigenvalue weighted by Gasteiger charge is 2.22. The minimum atomic E-state index is -0.372. The number of piperidine rings is 1. The molecule has 1 heterocycles. The largest absolute Gasteiger partial charge is 0.391 e. The SMILES string of the molecule is CCNc1ccc(C(=O)N2CCCC(O)C2)cc1. The molecule has 98 valence electrons. The Kier molecular flexibility index (Phi) is 4.20. The van der Waals surface area contributed by atoms with E-state index in [1.165, 1.54) is 0 Å². The van der Waals surface area contributed by atoms with E-state index in [0.29, 0.717) is 12.1 Å². The molecule has 1 amide bonds. The molecule has 0 aliphatic carbocycles. The van der Waals surface area contributed by atoms with Crippen LogP contribution in [0.15, 0.2) is 24.3 Å². The summed E-state index contributed by atoms with van der Waals surface area (Å²) < 4.78 is 0. The van der Waals surface area contributed by atoms with Crippen molar-refractivity contribution in [3.8, 4) is 0 Å². The Hall–Kier alpha value is -1.55. The Labute approximate surface area is 108 Å². The molecule has 0 aromatic heterocycles. The normalized spacial score (nSPS) is 19.7. The maximum absolute atomic E-state index is 12.2. The standard InChI is InChI=1S/C14H20N2O2/c1-2-15-12-7-5-11(6-8-12)14(18)16-9-3-4-13(17)10-16/h5-8,13,15,17H,2-4,9-10H2,1H3. The highest BCUT2D eigenvalue weighted by atomic mass is 16.3. The number of carbonyl (C=O) groups is 1. The molecular weight excluding hydrogens is 228 g/mol. The van der Waals surface area contributed by atoms with Gasteiger partial charge in [-0.1, -0.05) is 0 Å². The molecule has 18 heavy (non-hydrogen) atoms. The van der Waals surface area contributed by atoms with Crippen molar-refractivity contribution >= 4 is 11.6 Å². The van der Waals surface area contributed by atoms with Crippen LogP contribution in [-0.4, -0.2) is 41.7 Å². The zero-order valence-corrected chi connectivity index (χ0v) is 10.7. The number of amides is 1. The lowest BCUT2D eigenvalue weighted by molar-refractivity contribution is 0.0474. The van der Waals surface area contributed by atoms with Crippen LogP contribution in [0.4, 0.5) is 5.69 Å². The van der Waals surface area contributed by atoms with Crippen molar-refractivity contribution in [2.45, 2.75) is 25.9 Å². The van der Waals surface area contributed by atoms with Gasteiger partial charge in [0.15, 0.2) is 0 Å². The molecule has 1 saturated heterocycles. The fourth-order valence-electron chi connectivity index (χ4n) is 2.26. The molecule has 1 aromatic carbocycles. The van der Waals surface area contributed by atoms with E-state index in [1.807, 2.05) is 31.2 Å². The van der Waals surface area contributed by atoms with Gasteiger partial charge in [-0.25, -0.2) is 0 Å². The molecular formula is C14H20N2O2. The van der Waals surface area contributed by atoms with Crippen LogP contribution in [0.3, 0.4) is 0 Å². The minimum absolute atomic E-state index is 0.0109. The maximum atomic E-state index is 12.2. The van der Waals surface area contributed by atoms with Gasteiger partial charge in [-0.05, 0) is 44.0 Å². The molecule has 0 saturated carbocycles. The predicted molar refractivity (Wildman–Crippen MR) is 71.8 cm³/mol. The Morgan fingerprint density at radius 1 is 1.44 bits per heavy atom. The summed E-state index contributed by atoms with van der Waals surface area (Å²) in [5.74, 6) is 0.0109. The van der Waals surface area contributed by atoms with Crippen molar-refractivity contribution in [3.05, 3.63) is 29.8 Å². The number of nitrogens with one attached hydrogen (secondary N) is 1. The van der Waals surface area contributed by atoms with Crippen molar-refractivity contribution in [1.82, 2.24) is 4.90 Å². The first-order chi connectivity index (χ1) is 8.70. The van der Waals surface area contributed by atoms with Crippen LogP contribution in [0, 0.1) is 0 Å². The lowest BCUT2D eigenvalue weighted by atomic mass is 10.1. The van der Waals surface area contributed by atoms with Gasteiger partial charge in [-0.3, -0.25) is 4.79 Å². The number of carbonyl (C=O) groups excluding carboxylic acids is 1. The number of nitrogens with zero attached hydrogens (tertiary/aromatic N) is 1. The monoisotopic (exact) mass is 248 g/mol. The molecule has 1 fully saturated rings. The van der Waals surface area contributed by atoms with Gasteiger partial charge in [0.1, 0.15) is 0 Å². The summed E-state index contributed by atoms with van der Waals surface area (Å²) in [5.41, 5.74) is 1.71. The number of hydrogen-bond donors (Lipinski definition) is 2. The van der Waals surface area contributed by atoms with E-state index >= 15 is 0 Å². The number of hydrogen-bond acceptors (Lipinski definition) is 3. The molecule has 1 aromatic rings. The van der Waals surface area contributed by atoms with Crippen molar-refractivity contribution in [2.75, 3.05) is 25.0 Å². The number of likely N-dealkylation sites (tertiary alicyclic amines) is 1. The third-order valence-electron chi connectivity index (χ3n) is 3.20. The highest BCUT2D eigenvalue weighted by molar-refractivity contribution is 5.94. The van der Waals surface area contributed by atoms with Crippen LogP contribution in [0.25, 0.3) is 0 Å². The maximum Gasteiger partial charge on any atom is 0.253 e. The molecule has 0 radical (unpaired) electrons. The molecule has 2 rings (SSSR count). The average Bonchev–Trinajstić information content (AvgIpc) is 2.39. The van der Waals surface area contributed by atoms with Crippen molar-refractivity contribution in [3.63, 3.8) is 0 Å². The van der Waals surface area contributed by atoms with E-state index in [-0.39, 0.29) is 12.0 Å². The first-order valence-corrected chi connectivity index (χ1v) is 6.52. The third kappa shape index (κ3) is 3.01. The van der Waals surface area contributed by atoms with E-state index in [4.69, 9.17) is 0 Å². The van der Waals surface area contributed by atoms with Gasteiger partial charge in [-0.2, -0.15) is 0 Å². The number of benzene rings is 1. The summed E-state index contributed by atoms with van der Waals surface area (Å²) in [4.78, 5) is 13.9. The van der Waals surface area contributed by atoms with Crippen LogP contribution in [0.2, 0.25) is 0 Å². The van der Waals surface area contributed by atoms with Gasteiger partial charge in [-0.15, -0.1) is 0 Å². The summed E-state index contributed by atoms with van der Waals surface area (Å²) >= 11 is 0. The summed E-state index contributed by atoms with van der Waals surface area (Å²) in [5, 5.41) is 12.8. The quantitative estimate of drug-likeness (QED) is 0.856. The number of aliphatic hydroxyl groups is 1. The van der Waals surface area contributed by atoms with Gasteiger partial charge in [0.05, 0.1) is 6.10 Å². The summed E-state index contributed by atoms with van der Waals surface area (Å²) in [6.07, 6.45) is 1.30. The van der Waals surface area contributed by atoms with Crippen LogP contribution in [0.1, 0.15) is 30.1 Å². The lowest BCUT2D eigenvalue weighted by Gasteiger charge is -2.30. The van der Waals surface area contributed by atoms with Crippen molar-refractivity contribution in [1.29, 1.82) is 0 Å². The number of rotatable bonds is 3. The van der Waals surface area contributed by atoms with Gasteiger partial charge in [0.25, 0.3) is 5.91 Å². The van der Waals surface area contributed by atoms with E-state index < -0.39 is 0 Å². The van der Waals surface area contributed by atoms with E-state index in [2.05, 4.69) is 5.32 Å². The fourth-order valence-corrected chi connectivity index (χ4v) is 2.26. The fraction of sp³-hybridized carbons (Fsp3) is 0.500. The van der Waals surface area contributed by atoms with Crippen LogP contribution in [0.5, 0.6) is 0 Å². The number of anilines is 1. The van der Waals surface area contributed by atoms with Gasteiger partial charge in [0, 0.05) is 30.9 Å². The smallest absolute Gasteiger partial charge is 0.253 e. The molecule has 1 unspecified atom stereocenters. The molecule has 1 aliphatic heterocycles. The van der Waals surface area contributed by atoms with Crippen molar-refractivity contribution in [2.24, 2.45) is 0 Å². The molecule has 4 nitrogen and oxygen atoms in total. The topological polar surface area (TPSA) is 52.6 Å². The van der Waals surface area contributed by atoms with Crippen LogP contribution >= 0.6 is 0 Å². The summed E-state index contributed by atoms with van der Waals surface area (Å²) in [6, 6.07) is 7.50. The second-order valence-corrected chi connectivity index (χ2v) is 4.65. The lowest BCUT2D eigenvalue weighted by Crippen LogP contribution is -2.42. The van der Waals surface area contributed by atoms with Crippen LogP contribution < -0.4 is 5.32 Å². The Morgan fingerprint density at radius 3 is 2.78 bits per heavy atom. The zero-order chi connectivity index (χ0) is 13.0. The third-order valence-corrected chi connectivity index (χ3v) is 3.20. The molecule has 4 heteroatoms. The number of β-amino-alcohol motifs (C(OH)–C–C–N with tert-alkyl or cyclic N) is 1. The van der Waals surface area contributed by atoms with E-state index in [0.717, 1.165) is 31.6 Å². The highest BCUT2D eigenvalue weighted by Crippen LogP contribution is 2.15. The van der Waals surface area contributed by atoms with Crippen LogP contribution in [-0.2, 0) is 0 Å². The molecule has 0 bridgehead atoms. The Bertz CT molecular complexity index is 403. The minimum Gasteiger partial charge on any atom is -0.391 e. The van der Waals surface area contributed by atoms with Gasteiger partial charge >= 0.3 is 0 Å². The Morgan fingerprint density at radius 2 is 2.17 bits per heavy atom. The summed E-state index contributed by atoms with van der Waals surface area (Å²) in [6.45, 7) is 4.10. The van der Waals surface area contributed by atoms with E-state index in [1.54, 1.807) is 4.90 Å². The molecule has 1 atom stereocenters.